The largest absolute Gasteiger partial charge is 0.477 e. The summed E-state index contributed by atoms with van der Waals surface area (Å²) in [5.74, 6) is -0.950. The Labute approximate surface area is 114 Å². The summed E-state index contributed by atoms with van der Waals surface area (Å²) in [7, 11) is 0. The van der Waals surface area contributed by atoms with Crippen LogP contribution in [0.15, 0.2) is 17.5 Å². The zero-order valence-electron chi connectivity index (χ0n) is 10.7. The number of carboxylic acid groups (broad SMARTS) is 1. The van der Waals surface area contributed by atoms with Crippen LogP contribution < -0.4 is 4.74 Å². The zero-order valence-corrected chi connectivity index (χ0v) is 11.5. The maximum atomic E-state index is 11.2. The van der Waals surface area contributed by atoms with Crippen molar-refractivity contribution >= 4 is 17.3 Å². The van der Waals surface area contributed by atoms with Gasteiger partial charge in [-0.25, -0.2) is 4.79 Å². The van der Waals surface area contributed by atoms with Crippen molar-refractivity contribution in [2.75, 3.05) is 6.61 Å². The molecular formula is C13H14N2O3S. The summed E-state index contributed by atoms with van der Waals surface area (Å²) in [5, 5.41) is 18.9. The molecule has 2 heterocycles. The Morgan fingerprint density at radius 2 is 2.21 bits per heavy atom. The smallest absolute Gasteiger partial charge is 0.341 e. The molecule has 0 aliphatic carbocycles. The van der Waals surface area contributed by atoms with Crippen LogP contribution >= 0.6 is 11.3 Å². The Morgan fingerprint density at radius 1 is 1.42 bits per heavy atom. The number of nitrogens with zero attached hydrogens (tertiary/aromatic N) is 2. The van der Waals surface area contributed by atoms with Gasteiger partial charge in [-0.3, -0.25) is 0 Å². The van der Waals surface area contributed by atoms with Crippen molar-refractivity contribution in [3.8, 4) is 5.88 Å². The van der Waals surface area contributed by atoms with Gasteiger partial charge < -0.3 is 9.84 Å². The van der Waals surface area contributed by atoms with Crippen molar-refractivity contribution in [3.05, 3.63) is 39.2 Å². The lowest BCUT2D eigenvalue weighted by Gasteiger charge is -2.10. The number of thiophene rings is 1. The number of ether oxygens (including phenoxy) is 1. The molecule has 0 aromatic carbocycles. The van der Waals surface area contributed by atoms with Crippen molar-refractivity contribution in [2.45, 2.75) is 20.3 Å². The summed E-state index contributed by atoms with van der Waals surface area (Å²) in [6.07, 6.45) is 0.728. The highest BCUT2D eigenvalue weighted by Crippen LogP contribution is 2.20. The molecule has 100 valence electrons. The first kappa shape index (κ1) is 13.5. The van der Waals surface area contributed by atoms with Crippen molar-refractivity contribution < 1.29 is 14.6 Å². The molecule has 0 spiro atoms. The van der Waals surface area contributed by atoms with E-state index in [0.717, 1.165) is 6.42 Å². The number of carboxylic acids is 1. The van der Waals surface area contributed by atoms with Crippen LogP contribution in [0.5, 0.6) is 5.88 Å². The van der Waals surface area contributed by atoms with Crippen molar-refractivity contribution in [3.63, 3.8) is 0 Å². The van der Waals surface area contributed by atoms with Gasteiger partial charge in [-0.15, -0.1) is 16.4 Å². The van der Waals surface area contributed by atoms with Crippen LogP contribution in [-0.2, 0) is 6.42 Å². The number of hydrogen-bond donors (Lipinski definition) is 1. The van der Waals surface area contributed by atoms with Crippen LogP contribution in [0.4, 0.5) is 0 Å². The minimum atomic E-state index is -1.04. The Morgan fingerprint density at radius 3 is 2.84 bits per heavy atom. The molecule has 0 fully saturated rings. The van der Waals surface area contributed by atoms with E-state index >= 15 is 0 Å². The molecule has 0 amide bonds. The van der Waals surface area contributed by atoms with E-state index in [0.29, 0.717) is 17.9 Å². The van der Waals surface area contributed by atoms with E-state index < -0.39 is 5.97 Å². The van der Waals surface area contributed by atoms with Gasteiger partial charge in [0, 0.05) is 11.3 Å². The number of rotatable bonds is 5. The summed E-state index contributed by atoms with van der Waals surface area (Å²) < 4.78 is 5.46. The molecular weight excluding hydrogens is 264 g/mol. The van der Waals surface area contributed by atoms with Gasteiger partial charge in [-0.1, -0.05) is 6.07 Å². The van der Waals surface area contributed by atoms with Crippen LogP contribution in [-0.4, -0.2) is 27.9 Å². The molecule has 1 N–H and O–H groups in total. The molecule has 0 aliphatic rings. The Kier molecular flexibility index (Phi) is 4.11. The van der Waals surface area contributed by atoms with Crippen LogP contribution in [0.3, 0.4) is 0 Å². The first-order valence-electron chi connectivity index (χ1n) is 5.82. The standard InChI is InChI=1S/C13H14N2O3S/c1-8-9(2)14-15-12(11(8)13(16)17)18-6-5-10-4-3-7-19-10/h3-4,7H,5-6H2,1-2H3,(H,16,17). The SMILES string of the molecule is Cc1nnc(OCCc2cccs2)c(C(=O)O)c1C. The molecule has 0 aliphatic heterocycles. The van der Waals surface area contributed by atoms with E-state index in [9.17, 15) is 9.90 Å². The van der Waals surface area contributed by atoms with Crippen molar-refractivity contribution in [1.82, 2.24) is 10.2 Å². The number of hydrogen-bond acceptors (Lipinski definition) is 5. The van der Waals surface area contributed by atoms with Gasteiger partial charge in [0.1, 0.15) is 5.56 Å². The number of aromatic nitrogens is 2. The third kappa shape index (κ3) is 3.08. The van der Waals surface area contributed by atoms with Gasteiger partial charge in [-0.2, -0.15) is 5.10 Å². The normalized spacial score (nSPS) is 10.4. The summed E-state index contributed by atoms with van der Waals surface area (Å²) in [4.78, 5) is 12.4. The topological polar surface area (TPSA) is 72.3 Å². The van der Waals surface area contributed by atoms with E-state index in [1.165, 1.54) is 4.88 Å². The lowest BCUT2D eigenvalue weighted by molar-refractivity contribution is 0.0689. The Hall–Kier alpha value is -1.95. The molecule has 0 saturated carbocycles. The minimum Gasteiger partial charge on any atom is -0.477 e. The molecule has 19 heavy (non-hydrogen) atoms. The molecule has 5 nitrogen and oxygen atoms in total. The lowest BCUT2D eigenvalue weighted by atomic mass is 10.1. The van der Waals surface area contributed by atoms with Gasteiger partial charge in [0.25, 0.3) is 0 Å². The summed E-state index contributed by atoms with van der Waals surface area (Å²) in [5.41, 5.74) is 1.29. The van der Waals surface area contributed by atoms with E-state index in [4.69, 9.17) is 4.74 Å². The van der Waals surface area contributed by atoms with Gasteiger partial charge in [0.2, 0.25) is 5.88 Å². The Bertz CT molecular complexity index is 582. The fraction of sp³-hybridized carbons (Fsp3) is 0.308. The molecule has 0 unspecified atom stereocenters. The Balaban J connectivity index is 2.11. The molecule has 2 rings (SSSR count). The monoisotopic (exact) mass is 278 g/mol. The van der Waals surface area contributed by atoms with Gasteiger partial charge in [0.05, 0.1) is 12.3 Å². The maximum Gasteiger partial charge on any atom is 0.341 e. The lowest BCUT2D eigenvalue weighted by Crippen LogP contribution is -2.11. The maximum absolute atomic E-state index is 11.2. The fourth-order valence-electron chi connectivity index (χ4n) is 1.64. The third-order valence-electron chi connectivity index (χ3n) is 2.80. The average molecular weight is 278 g/mol. The van der Waals surface area contributed by atoms with E-state index in [1.54, 1.807) is 25.2 Å². The summed E-state index contributed by atoms with van der Waals surface area (Å²) >= 11 is 1.64. The second kappa shape index (κ2) is 5.79. The van der Waals surface area contributed by atoms with E-state index in [2.05, 4.69) is 10.2 Å². The number of aromatic carboxylic acids is 1. The van der Waals surface area contributed by atoms with Gasteiger partial charge >= 0.3 is 5.97 Å². The number of aryl methyl sites for hydroxylation is 1. The highest BCUT2D eigenvalue weighted by Gasteiger charge is 2.18. The average Bonchev–Trinajstić information content (AvgIpc) is 2.86. The molecule has 2 aromatic heterocycles. The fourth-order valence-corrected chi connectivity index (χ4v) is 2.33. The van der Waals surface area contributed by atoms with Crippen LogP contribution in [0.25, 0.3) is 0 Å². The molecule has 0 bridgehead atoms. The molecule has 0 atom stereocenters. The predicted molar refractivity (Wildman–Crippen MR) is 72.0 cm³/mol. The quantitative estimate of drug-likeness (QED) is 0.909. The molecule has 6 heteroatoms. The second-order valence-corrected chi connectivity index (χ2v) is 5.11. The highest BCUT2D eigenvalue weighted by atomic mass is 32.1. The van der Waals surface area contributed by atoms with Crippen LogP contribution in [0, 0.1) is 13.8 Å². The van der Waals surface area contributed by atoms with E-state index in [-0.39, 0.29) is 11.4 Å². The molecule has 0 radical (unpaired) electrons. The summed E-state index contributed by atoms with van der Waals surface area (Å²) in [6.45, 7) is 3.82. The first-order chi connectivity index (χ1) is 9.09. The highest BCUT2D eigenvalue weighted by molar-refractivity contribution is 7.09. The minimum absolute atomic E-state index is 0.0900. The predicted octanol–water partition coefficient (Wildman–Crippen LogP) is 2.47. The second-order valence-electron chi connectivity index (χ2n) is 4.07. The molecule has 0 saturated heterocycles. The van der Waals surface area contributed by atoms with E-state index in [1.807, 2.05) is 17.5 Å². The van der Waals surface area contributed by atoms with Crippen molar-refractivity contribution in [2.24, 2.45) is 0 Å². The third-order valence-corrected chi connectivity index (χ3v) is 3.74. The van der Waals surface area contributed by atoms with Crippen LogP contribution in [0.1, 0.15) is 26.5 Å². The molecule has 2 aromatic rings. The van der Waals surface area contributed by atoms with Crippen molar-refractivity contribution in [1.29, 1.82) is 0 Å². The van der Waals surface area contributed by atoms with Gasteiger partial charge in [0.15, 0.2) is 0 Å². The van der Waals surface area contributed by atoms with Crippen LogP contribution in [0.2, 0.25) is 0 Å². The number of carbonyl (C=O) groups is 1. The summed E-state index contributed by atoms with van der Waals surface area (Å²) in [6, 6.07) is 3.98. The zero-order chi connectivity index (χ0) is 13.8. The van der Waals surface area contributed by atoms with Gasteiger partial charge in [-0.05, 0) is 30.9 Å². The first-order valence-corrected chi connectivity index (χ1v) is 6.70.